The van der Waals surface area contributed by atoms with Crippen molar-refractivity contribution in [3.05, 3.63) is 36.5 Å². The van der Waals surface area contributed by atoms with Gasteiger partial charge >= 0.3 is 0 Å². The Labute approximate surface area is 158 Å². The molecule has 2 aromatic rings. The molecule has 0 saturated carbocycles. The van der Waals surface area contributed by atoms with Gasteiger partial charge in [0.15, 0.2) is 0 Å². The second-order valence-electron chi connectivity index (χ2n) is 7.00. The van der Waals surface area contributed by atoms with Gasteiger partial charge in [0.05, 0.1) is 18.8 Å². The topological polar surface area (TPSA) is 67.8 Å². The molecule has 1 saturated heterocycles. The molecule has 0 aliphatic carbocycles. The Balaban J connectivity index is 1.46. The number of fused-ring (bicyclic) bond motifs is 1. The van der Waals surface area contributed by atoms with E-state index in [1.54, 1.807) is 19.4 Å². The third-order valence-corrected chi connectivity index (χ3v) is 5.24. The van der Waals surface area contributed by atoms with E-state index >= 15 is 0 Å². The summed E-state index contributed by atoms with van der Waals surface area (Å²) in [4.78, 5) is 26.0. The van der Waals surface area contributed by atoms with Gasteiger partial charge in [-0.2, -0.15) is 4.98 Å². The lowest BCUT2D eigenvalue weighted by Gasteiger charge is -2.39. The lowest BCUT2D eigenvalue weighted by atomic mass is 9.94. The van der Waals surface area contributed by atoms with E-state index in [-0.39, 0.29) is 17.9 Å². The highest BCUT2D eigenvalue weighted by Crippen LogP contribution is 2.35. The van der Waals surface area contributed by atoms with Crippen molar-refractivity contribution in [3.8, 4) is 11.6 Å². The number of amides is 1. The molecular formula is C20H24N4O3. The van der Waals surface area contributed by atoms with Crippen LogP contribution in [-0.4, -0.2) is 48.7 Å². The van der Waals surface area contributed by atoms with E-state index in [1.807, 2.05) is 36.1 Å². The van der Waals surface area contributed by atoms with Gasteiger partial charge in [-0.3, -0.25) is 4.79 Å². The zero-order chi connectivity index (χ0) is 18.8. The predicted molar refractivity (Wildman–Crippen MR) is 102 cm³/mol. The van der Waals surface area contributed by atoms with Crippen LogP contribution < -0.4 is 19.3 Å². The molecule has 0 bridgehead atoms. The number of anilines is 2. The number of hydrogen-bond acceptors (Lipinski definition) is 6. The molecule has 1 atom stereocenters. The summed E-state index contributed by atoms with van der Waals surface area (Å²) in [6.07, 6.45) is 3.27. The molecule has 3 heterocycles. The summed E-state index contributed by atoms with van der Waals surface area (Å²) in [6.45, 7) is 4.07. The highest BCUT2D eigenvalue weighted by molar-refractivity contribution is 5.97. The van der Waals surface area contributed by atoms with Crippen molar-refractivity contribution >= 4 is 17.5 Å². The van der Waals surface area contributed by atoms with Crippen LogP contribution in [0.3, 0.4) is 0 Å². The van der Waals surface area contributed by atoms with Crippen LogP contribution in [0.25, 0.3) is 0 Å². The van der Waals surface area contributed by atoms with E-state index < -0.39 is 0 Å². The fourth-order valence-corrected chi connectivity index (χ4v) is 3.76. The molecule has 2 aliphatic heterocycles. The van der Waals surface area contributed by atoms with Crippen LogP contribution in [0.5, 0.6) is 11.6 Å². The Morgan fingerprint density at radius 3 is 2.78 bits per heavy atom. The van der Waals surface area contributed by atoms with Crippen molar-refractivity contribution in [2.75, 3.05) is 36.6 Å². The average Bonchev–Trinajstić information content (AvgIpc) is 2.73. The number of aromatic nitrogens is 2. The maximum absolute atomic E-state index is 13.3. The predicted octanol–water partition coefficient (Wildman–Crippen LogP) is 2.52. The highest BCUT2D eigenvalue weighted by atomic mass is 16.5. The van der Waals surface area contributed by atoms with E-state index in [9.17, 15) is 4.79 Å². The lowest BCUT2D eigenvalue weighted by molar-refractivity contribution is -0.123. The molecule has 1 aromatic carbocycles. The maximum atomic E-state index is 13.3. The maximum Gasteiger partial charge on any atom is 0.230 e. The molecule has 1 aromatic heterocycles. The Kier molecular flexibility index (Phi) is 4.83. The van der Waals surface area contributed by atoms with Crippen LogP contribution in [0.2, 0.25) is 0 Å². The number of ether oxygens (including phenoxy) is 2. The third-order valence-electron chi connectivity index (χ3n) is 5.24. The molecule has 142 valence electrons. The second-order valence-corrected chi connectivity index (χ2v) is 7.00. The van der Waals surface area contributed by atoms with Crippen LogP contribution in [0, 0.1) is 5.92 Å². The van der Waals surface area contributed by atoms with Crippen molar-refractivity contribution in [2.45, 2.75) is 25.8 Å². The number of benzene rings is 1. The van der Waals surface area contributed by atoms with Crippen molar-refractivity contribution < 1.29 is 14.3 Å². The molecule has 7 nitrogen and oxygen atoms in total. The third kappa shape index (κ3) is 3.41. The molecule has 1 fully saturated rings. The minimum absolute atomic E-state index is 0.000430. The minimum atomic E-state index is 0.000430. The van der Waals surface area contributed by atoms with Gasteiger partial charge < -0.3 is 19.3 Å². The van der Waals surface area contributed by atoms with Crippen molar-refractivity contribution in [1.82, 2.24) is 9.97 Å². The number of methoxy groups -OCH3 is 1. The van der Waals surface area contributed by atoms with Gasteiger partial charge in [0.25, 0.3) is 0 Å². The number of piperidine rings is 1. The molecule has 4 rings (SSSR count). The van der Waals surface area contributed by atoms with E-state index in [0.717, 1.165) is 37.4 Å². The van der Waals surface area contributed by atoms with Crippen molar-refractivity contribution in [3.63, 3.8) is 0 Å². The molecule has 0 radical (unpaired) electrons. The number of para-hydroxylation sites is 2. The summed E-state index contributed by atoms with van der Waals surface area (Å²) >= 11 is 0. The van der Waals surface area contributed by atoms with Gasteiger partial charge in [-0.1, -0.05) is 12.1 Å². The molecule has 1 unspecified atom stereocenters. The fourth-order valence-electron chi connectivity index (χ4n) is 3.76. The van der Waals surface area contributed by atoms with E-state index in [4.69, 9.17) is 9.47 Å². The average molecular weight is 368 g/mol. The second kappa shape index (κ2) is 7.42. The van der Waals surface area contributed by atoms with Crippen LogP contribution >= 0.6 is 0 Å². The zero-order valence-corrected chi connectivity index (χ0v) is 15.7. The van der Waals surface area contributed by atoms with Gasteiger partial charge in [-0.25, -0.2) is 4.98 Å². The first-order chi connectivity index (χ1) is 13.2. The number of nitrogens with zero attached hydrogens (tertiary/aromatic N) is 4. The van der Waals surface area contributed by atoms with Gasteiger partial charge in [-0.15, -0.1) is 0 Å². The van der Waals surface area contributed by atoms with Crippen LogP contribution in [0.15, 0.2) is 36.5 Å². The smallest absolute Gasteiger partial charge is 0.230 e. The summed E-state index contributed by atoms with van der Waals surface area (Å²) in [6, 6.07) is 9.53. The molecular weight excluding hydrogens is 344 g/mol. The zero-order valence-electron chi connectivity index (χ0n) is 15.7. The monoisotopic (exact) mass is 368 g/mol. The standard InChI is InChI=1S/C20H24N4O3/c1-14-13-27-17-6-4-3-5-16(17)24(14)19(25)15-8-11-23(12-9-15)20-21-10-7-18(22-20)26-2/h3-7,10,14-15H,8-9,11-13H2,1-2H3. The Morgan fingerprint density at radius 2 is 2.00 bits per heavy atom. The molecule has 2 aliphatic rings. The lowest BCUT2D eigenvalue weighted by Crippen LogP contribution is -2.50. The molecule has 1 amide bonds. The first-order valence-corrected chi connectivity index (χ1v) is 9.34. The molecule has 27 heavy (non-hydrogen) atoms. The first-order valence-electron chi connectivity index (χ1n) is 9.34. The minimum Gasteiger partial charge on any atom is -0.489 e. The number of carbonyl (C=O) groups is 1. The summed E-state index contributed by atoms with van der Waals surface area (Å²) in [5, 5.41) is 0. The normalized spacial score (nSPS) is 20.0. The van der Waals surface area contributed by atoms with Gasteiger partial charge in [0, 0.05) is 31.3 Å². The summed E-state index contributed by atoms with van der Waals surface area (Å²) in [7, 11) is 1.60. The Bertz CT molecular complexity index is 820. The largest absolute Gasteiger partial charge is 0.489 e. The van der Waals surface area contributed by atoms with E-state index in [1.165, 1.54) is 0 Å². The summed E-state index contributed by atoms with van der Waals surface area (Å²) in [5.41, 5.74) is 0.875. The number of rotatable bonds is 3. The first kappa shape index (κ1) is 17.6. The quantitative estimate of drug-likeness (QED) is 0.829. The summed E-state index contributed by atoms with van der Waals surface area (Å²) in [5.74, 6) is 2.18. The van der Waals surface area contributed by atoms with Gasteiger partial charge in [0.2, 0.25) is 17.7 Å². The van der Waals surface area contributed by atoms with E-state index in [2.05, 4.69) is 14.9 Å². The Morgan fingerprint density at radius 1 is 1.22 bits per heavy atom. The van der Waals surface area contributed by atoms with E-state index in [0.29, 0.717) is 18.4 Å². The van der Waals surface area contributed by atoms with Crippen LogP contribution in [0.4, 0.5) is 11.6 Å². The molecule has 7 heteroatoms. The van der Waals surface area contributed by atoms with Gasteiger partial charge in [-0.05, 0) is 31.9 Å². The van der Waals surface area contributed by atoms with Crippen LogP contribution in [-0.2, 0) is 4.79 Å². The summed E-state index contributed by atoms with van der Waals surface area (Å²) < 4.78 is 10.9. The molecule has 0 spiro atoms. The van der Waals surface area contributed by atoms with Crippen LogP contribution in [0.1, 0.15) is 19.8 Å². The number of carbonyl (C=O) groups excluding carboxylic acids is 1. The number of hydrogen-bond donors (Lipinski definition) is 0. The fraction of sp³-hybridized carbons (Fsp3) is 0.450. The highest BCUT2D eigenvalue weighted by Gasteiger charge is 2.35. The van der Waals surface area contributed by atoms with Crippen molar-refractivity contribution in [1.29, 1.82) is 0 Å². The Hall–Kier alpha value is -2.83. The molecule has 0 N–H and O–H groups in total. The SMILES string of the molecule is COc1ccnc(N2CCC(C(=O)N3c4ccccc4OCC3C)CC2)n1. The van der Waals surface area contributed by atoms with Gasteiger partial charge in [0.1, 0.15) is 12.4 Å². The van der Waals surface area contributed by atoms with Crippen molar-refractivity contribution in [2.24, 2.45) is 5.92 Å².